The molecule has 28 heteroatoms. The molecule has 0 radical (unpaired) electrons. The summed E-state index contributed by atoms with van der Waals surface area (Å²) >= 11 is 0. The number of esters is 2. The van der Waals surface area contributed by atoms with E-state index in [9.17, 15) is 69.0 Å². The van der Waals surface area contributed by atoms with Crippen LogP contribution in [0.15, 0.2) is 129 Å². The molecular formula is C86H98N6O22. The van der Waals surface area contributed by atoms with Gasteiger partial charge in [0.1, 0.15) is 56.7 Å². The van der Waals surface area contributed by atoms with Crippen molar-refractivity contribution in [3.63, 3.8) is 0 Å². The summed E-state index contributed by atoms with van der Waals surface area (Å²) in [6, 6.07) is 6.87. The van der Waals surface area contributed by atoms with Gasteiger partial charge in [-0.05, 0) is 74.5 Å². The van der Waals surface area contributed by atoms with E-state index in [1.807, 2.05) is 0 Å². The number of ether oxygens (including phenoxy) is 8. The number of allylic oxidation sites excluding steroid dienone is 4. The highest BCUT2D eigenvalue weighted by Crippen LogP contribution is 2.47. The van der Waals surface area contributed by atoms with E-state index in [4.69, 9.17) is 37.9 Å². The molecule has 6 aliphatic heterocycles. The van der Waals surface area contributed by atoms with E-state index < -0.39 is 165 Å². The van der Waals surface area contributed by atoms with Crippen molar-refractivity contribution >= 4 is 103 Å². The largest absolute Gasteiger partial charge is 0.505 e. The lowest BCUT2D eigenvalue weighted by atomic mass is 9.78. The summed E-state index contributed by atoms with van der Waals surface area (Å²) in [5.41, 5.74) is 0.903. The Morgan fingerprint density at radius 1 is 0.518 bits per heavy atom. The molecule has 0 aliphatic carbocycles. The van der Waals surface area contributed by atoms with Crippen LogP contribution in [0, 0.1) is 61.2 Å². The Labute approximate surface area is 655 Å². The van der Waals surface area contributed by atoms with Gasteiger partial charge in [-0.2, -0.15) is 0 Å². The van der Waals surface area contributed by atoms with Gasteiger partial charge in [-0.3, -0.25) is 47.2 Å². The summed E-state index contributed by atoms with van der Waals surface area (Å²) in [7, 11) is 2.90. The summed E-state index contributed by atoms with van der Waals surface area (Å²) in [6.07, 6.45) is 10.7. The molecule has 10 heterocycles. The molecule has 604 valence electrons. The van der Waals surface area contributed by atoms with E-state index in [1.165, 1.54) is 106 Å². The molecule has 6 aliphatic rings. The number of rotatable bonds is 4. The fourth-order valence-electron chi connectivity index (χ4n) is 16.0. The van der Waals surface area contributed by atoms with Crippen LogP contribution in [0.25, 0.3) is 68.1 Å². The lowest BCUT2D eigenvalue weighted by Gasteiger charge is -2.38. The fraction of sp³-hybridized carbons (Fsp3) is 0.419. The van der Waals surface area contributed by atoms with Gasteiger partial charge in [0.15, 0.2) is 22.4 Å². The number of H-pyrrole nitrogens is 2. The molecule has 18 atom stereocenters. The predicted molar refractivity (Wildman–Crippen MR) is 424 cm³/mol. The van der Waals surface area contributed by atoms with Gasteiger partial charge in [-0.25, -0.2) is 9.98 Å². The highest BCUT2D eigenvalue weighted by Gasteiger charge is 2.52. The third kappa shape index (κ3) is 15.0. The van der Waals surface area contributed by atoms with Crippen LogP contribution < -0.4 is 41.5 Å². The number of aliphatic hydroxyl groups excluding tert-OH is 4. The van der Waals surface area contributed by atoms with Crippen LogP contribution >= 0.6 is 0 Å². The van der Waals surface area contributed by atoms with Crippen molar-refractivity contribution in [1.82, 2.24) is 18.8 Å². The number of aromatic amines is 2. The molecule has 0 fully saturated rings. The molecule has 8 N–H and O–H groups in total. The number of aromatic hydroxyl groups is 2. The first-order chi connectivity index (χ1) is 53.6. The molecule has 4 aromatic carbocycles. The fourth-order valence-corrected chi connectivity index (χ4v) is 16.0. The topological polar surface area (TPSA) is 397 Å². The monoisotopic (exact) mass is 1570 g/mol. The maximum Gasteiger partial charge on any atom is 0.312 e. The standard InChI is InChI=1S/2C43H49N3O11/c2*1-19-14-16-46-28(18-19)44-32-29-30-37(50)25(7)40-31(29)41(52)43(9,57-40)55-17-15-27(54-10)22(4)39(56-26(8)47)24(6)36(49)23(5)35(48)20(2)12-11-13-21(3)42(53)45-33(34(32)46)38(30)51/h2*11-18,20,22-24,27,35-36,39,44,48-49,51H,1H2,2-10H3/b2*12-11+,17-15+,21-13+,45-33?/t2*20-,22+,23+,24+,27-,35-,36+,39+,43-/m00/s1. The van der Waals surface area contributed by atoms with E-state index >= 15 is 0 Å². The first-order valence-electron chi connectivity index (χ1n) is 37.6. The van der Waals surface area contributed by atoms with Crippen molar-refractivity contribution in [1.29, 1.82) is 0 Å². The van der Waals surface area contributed by atoms with Crippen molar-refractivity contribution in [2.45, 2.75) is 171 Å². The van der Waals surface area contributed by atoms with Crippen LogP contribution in [-0.2, 0) is 47.6 Å². The SMILES string of the molecule is C=c1ccn2c(c1)[nH]c1c3c4c5c(C)c(=O)c3c(O)c(c12)=NC(=O)/C(C)=C/C=C/[C@H](C)[C@H](O)[C@@H](C)[C@@H](O)[C@@H](C)[C@H](OC(C)=O)[C@H](C)[C@@H](OC)/C=C/O[C@@](C)(O5)C4=O.C=c1ccn2c(c1)[nH]c1c3c4c5c(C)c(=O)c3c(O)c(c12)=NC(=O)/C(C)=C/C=C/[C@H](C)[C@H](O)[C@@H](C)[C@@H](O)[C@@H](C)[C@H](OC(C)=O)[C@H](C)[C@@H](OC)/C=C/O[C@@](C)(O5)C4=O. The second-order valence-corrected chi connectivity index (χ2v) is 30.8. The van der Waals surface area contributed by atoms with Gasteiger partial charge in [0.25, 0.3) is 23.4 Å². The molecule has 28 nitrogen and oxygen atoms in total. The van der Waals surface area contributed by atoms with E-state index in [0.29, 0.717) is 21.7 Å². The zero-order valence-electron chi connectivity index (χ0n) is 66.9. The first-order valence-corrected chi connectivity index (χ1v) is 37.6. The van der Waals surface area contributed by atoms with Gasteiger partial charge in [0.05, 0.1) is 82.1 Å². The van der Waals surface area contributed by atoms with Gasteiger partial charge in [-0.1, -0.05) is 105 Å². The van der Waals surface area contributed by atoms with Crippen molar-refractivity contribution in [2.75, 3.05) is 14.2 Å². The Bertz CT molecular complexity index is 5520. The highest BCUT2D eigenvalue weighted by atomic mass is 16.7. The number of fused-ring (bicyclic) bond motifs is 28. The Morgan fingerprint density at radius 3 is 1.20 bits per heavy atom. The molecule has 0 saturated heterocycles. The summed E-state index contributed by atoms with van der Waals surface area (Å²) in [5.74, 6) is -14.0. The van der Waals surface area contributed by atoms with Crippen molar-refractivity contribution in [3.8, 4) is 23.0 Å². The second kappa shape index (κ2) is 32.4. The quantitative estimate of drug-likeness (QED) is 0.0771. The average Bonchev–Trinajstić information content (AvgIpc) is 1.52. The third-order valence-electron chi connectivity index (χ3n) is 22.8. The number of nitrogens with zero attached hydrogens (tertiary/aromatic N) is 4. The first kappa shape index (κ1) is 83.8. The summed E-state index contributed by atoms with van der Waals surface area (Å²) in [4.78, 5) is 125. The number of Topliss-reactive ketones (excluding diaryl/α,β-unsaturated/α-hetero) is 2. The average molecular weight is 1570 g/mol. The van der Waals surface area contributed by atoms with Crippen molar-refractivity contribution in [2.24, 2.45) is 57.3 Å². The highest BCUT2D eigenvalue weighted by molar-refractivity contribution is 6.25. The molecule has 14 rings (SSSR count). The Kier molecular flexibility index (Phi) is 23.8. The number of phenolic OH excluding ortho intramolecular Hbond substituents is 2. The predicted octanol–water partition coefficient (Wildman–Crippen LogP) is 8.11. The second-order valence-electron chi connectivity index (χ2n) is 30.8. The Balaban J connectivity index is 0.000000225. The number of phenols is 2. The summed E-state index contributed by atoms with van der Waals surface area (Å²) < 4.78 is 50.7. The number of imidazole rings is 2. The number of benzene rings is 4. The molecular weight excluding hydrogens is 1470 g/mol. The summed E-state index contributed by atoms with van der Waals surface area (Å²) in [5, 5.41) is 70.1. The number of aromatic nitrogens is 4. The Morgan fingerprint density at radius 2 is 0.868 bits per heavy atom. The normalized spacial score (nSPS) is 30.8. The van der Waals surface area contributed by atoms with Gasteiger partial charge in [-0.15, -0.1) is 0 Å². The van der Waals surface area contributed by atoms with E-state index in [-0.39, 0.29) is 99.2 Å². The zero-order valence-corrected chi connectivity index (χ0v) is 66.9. The van der Waals surface area contributed by atoms with Crippen LogP contribution in [0.2, 0.25) is 0 Å². The number of carbonyl (C=O) groups is 6. The molecule has 2 amide bonds. The maximum atomic E-state index is 14.5. The zero-order chi connectivity index (χ0) is 83.7. The molecule has 0 spiro atoms. The Hall–Kier alpha value is -11.1. The minimum atomic E-state index is -1.99. The van der Waals surface area contributed by atoms with Crippen LogP contribution in [0.5, 0.6) is 23.0 Å². The lowest BCUT2D eigenvalue weighted by molar-refractivity contribution is -0.161. The molecule has 8 aromatic rings. The van der Waals surface area contributed by atoms with E-state index in [2.05, 4.69) is 33.1 Å². The molecule has 10 bridgehead atoms. The van der Waals surface area contributed by atoms with Crippen molar-refractivity contribution in [3.05, 3.63) is 173 Å². The van der Waals surface area contributed by atoms with Crippen molar-refractivity contribution < 1.29 is 97.3 Å². The van der Waals surface area contributed by atoms with E-state index in [1.54, 1.807) is 125 Å². The van der Waals surface area contributed by atoms with Gasteiger partial charge < -0.3 is 78.5 Å². The number of aliphatic hydroxyl groups is 4. The maximum absolute atomic E-state index is 14.5. The molecule has 0 saturated carbocycles. The molecule has 0 unspecified atom stereocenters. The molecule has 4 aromatic heterocycles. The minimum absolute atomic E-state index is 0.0197. The van der Waals surface area contributed by atoms with Crippen LogP contribution in [0.3, 0.4) is 0 Å². The van der Waals surface area contributed by atoms with Gasteiger partial charge >= 0.3 is 23.5 Å². The van der Waals surface area contributed by atoms with Gasteiger partial charge in [0, 0.05) is 135 Å². The van der Waals surface area contributed by atoms with Gasteiger partial charge in [0.2, 0.25) is 0 Å². The van der Waals surface area contributed by atoms with E-state index in [0.717, 1.165) is 0 Å². The van der Waals surface area contributed by atoms with Crippen LogP contribution in [0.4, 0.5) is 0 Å². The third-order valence-corrected chi connectivity index (χ3v) is 22.8. The van der Waals surface area contributed by atoms with Crippen LogP contribution in [0.1, 0.15) is 129 Å². The number of carbonyl (C=O) groups excluding carboxylic acids is 6. The number of pyridine rings is 2. The number of nitrogens with one attached hydrogen (secondary N) is 2. The molecule has 114 heavy (non-hydrogen) atoms. The number of hydrogen-bond acceptors (Lipinski definition) is 22. The number of ketones is 2. The smallest absolute Gasteiger partial charge is 0.312 e. The lowest BCUT2D eigenvalue weighted by Crippen LogP contribution is -2.46. The number of methoxy groups -OCH3 is 2. The minimum Gasteiger partial charge on any atom is -0.505 e. The summed E-state index contributed by atoms with van der Waals surface area (Å²) in [6.45, 7) is 33.2. The number of amides is 2. The van der Waals surface area contributed by atoms with Crippen LogP contribution in [-0.4, -0.2) is 159 Å². The number of hydrogen-bond donors (Lipinski definition) is 8.